The zero-order valence-electron chi connectivity index (χ0n) is 15.3. The van der Waals surface area contributed by atoms with Gasteiger partial charge in [-0.2, -0.15) is 13.2 Å². The molecule has 0 bridgehead atoms. The van der Waals surface area contributed by atoms with Crippen molar-refractivity contribution in [2.45, 2.75) is 19.0 Å². The first-order valence-electron chi connectivity index (χ1n) is 9.35. The molecule has 148 valence electrons. The quantitative estimate of drug-likeness (QED) is 0.801. The third-order valence-electron chi connectivity index (χ3n) is 5.15. The van der Waals surface area contributed by atoms with Crippen molar-refractivity contribution in [3.63, 3.8) is 0 Å². The number of halogens is 3. The van der Waals surface area contributed by atoms with E-state index < -0.39 is 11.7 Å². The van der Waals surface area contributed by atoms with E-state index in [9.17, 15) is 18.0 Å². The van der Waals surface area contributed by atoms with E-state index in [-0.39, 0.29) is 5.91 Å². The summed E-state index contributed by atoms with van der Waals surface area (Å²) < 4.78 is 43.1. The van der Waals surface area contributed by atoms with Gasteiger partial charge in [0.15, 0.2) is 0 Å². The minimum absolute atomic E-state index is 0.169. The summed E-state index contributed by atoms with van der Waals surface area (Å²) in [6.07, 6.45) is 1.38. The van der Waals surface area contributed by atoms with Crippen LogP contribution in [0, 0.1) is 5.92 Å². The number of benzene rings is 1. The topological polar surface area (TPSA) is 32.8 Å². The minimum atomic E-state index is -4.30. The average molecular weight is 382 g/mol. The summed E-state index contributed by atoms with van der Waals surface area (Å²) in [4.78, 5) is 16.4. The lowest BCUT2D eigenvalue weighted by Crippen LogP contribution is -2.46. The molecule has 2 fully saturated rings. The Kier molecular flexibility index (Phi) is 6.55. The number of piperidine rings is 1. The van der Waals surface area contributed by atoms with Crippen molar-refractivity contribution in [1.82, 2.24) is 9.80 Å². The van der Waals surface area contributed by atoms with Crippen LogP contribution in [-0.2, 0) is 15.7 Å². The van der Waals surface area contributed by atoms with Gasteiger partial charge in [0.2, 0.25) is 5.91 Å². The summed E-state index contributed by atoms with van der Waals surface area (Å²) in [5, 5.41) is 0. The summed E-state index contributed by atoms with van der Waals surface area (Å²) in [7, 11) is 0. The fourth-order valence-corrected chi connectivity index (χ4v) is 3.42. The molecule has 0 radical (unpaired) electrons. The number of amides is 1. The van der Waals surface area contributed by atoms with Crippen LogP contribution in [0.15, 0.2) is 30.3 Å². The zero-order chi connectivity index (χ0) is 19.3. The Bertz CT molecular complexity index is 644. The molecule has 4 nitrogen and oxygen atoms in total. The molecule has 3 rings (SSSR count). The summed E-state index contributed by atoms with van der Waals surface area (Å²) in [5.74, 6) is 0.516. The van der Waals surface area contributed by atoms with E-state index in [1.54, 1.807) is 0 Å². The molecule has 0 saturated carbocycles. The van der Waals surface area contributed by atoms with Crippen molar-refractivity contribution < 1.29 is 22.7 Å². The van der Waals surface area contributed by atoms with Gasteiger partial charge in [0, 0.05) is 26.2 Å². The lowest BCUT2D eigenvalue weighted by atomic mass is 9.95. The first-order chi connectivity index (χ1) is 12.9. The van der Waals surface area contributed by atoms with Crippen molar-refractivity contribution in [2.24, 2.45) is 5.92 Å². The zero-order valence-corrected chi connectivity index (χ0v) is 15.3. The van der Waals surface area contributed by atoms with Gasteiger partial charge in [-0.05, 0) is 36.5 Å². The van der Waals surface area contributed by atoms with Crippen LogP contribution in [0.4, 0.5) is 13.2 Å². The standard InChI is InChI=1S/C20H25F3N2O2/c21-20(22,23)18-5-3-16(4-6-18)1-2-17-7-9-25(10-8-17)19(26)15-24-11-13-27-14-12-24/h1-6,17H,7-15H2. The van der Waals surface area contributed by atoms with Crippen LogP contribution < -0.4 is 0 Å². The summed E-state index contributed by atoms with van der Waals surface area (Å²) >= 11 is 0. The molecule has 1 amide bonds. The number of nitrogens with zero attached hydrogens (tertiary/aromatic N) is 2. The number of hydrogen-bond acceptors (Lipinski definition) is 3. The van der Waals surface area contributed by atoms with Gasteiger partial charge in [0.25, 0.3) is 0 Å². The average Bonchev–Trinajstić information content (AvgIpc) is 2.67. The van der Waals surface area contributed by atoms with Crippen LogP contribution >= 0.6 is 0 Å². The number of allylic oxidation sites excluding steroid dienone is 1. The maximum absolute atomic E-state index is 12.6. The number of rotatable bonds is 4. The third-order valence-corrected chi connectivity index (χ3v) is 5.15. The van der Waals surface area contributed by atoms with Gasteiger partial charge in [0.05, 0.1) is 25.3 Å². The SMILES string of the molecule is O=C(CN1CCOCC1)N1CCC(C=Cc2ccc(C(F)(F)F)cc2)CC1. The fourth-order valence-electron chi connectivity index (χ4n) is 3.42. The molecule has 1 aromatic rings. The minimum Gasteiger partial charge on any atom is -0.379 e. The number of hydrogen-bond donors (Lipinski definition) is 0. The number of carbonyl (C=O) groups excluding carboxylic acids is 1. The molecule has 2 saturated heterocycles. The summed E-state index contributed by atoms with van der Waals surface area (Å²) in [5.41, 5.74) is 0.126. The molecule has 0 aromatic heterocycles. The van der Waals surface area contributed by atoms with Crippen LogP contribution in [0.25, 0.3) is 6.08 Å². The number of ether oxygens (including phenoxy) is 1. The molecule has 0 atom stereocenters. The molecule has 7 heteroatoms. The highest BCUT2D eigenvalue weighted by Crippen LogP contribution is 2.29. The van der Waals surface area contributed by atoms with Crippen molar-refractivity contribution in [1.29, 1.82) is 0 Å². The van der Waals surface area contributed by atoms with Gasteiger partial charge in [0.1, 0.15) is 0 Å². The van der Waals surface area contributed by atoms with Crippen LogP contribution in [0.2, 0.25) is 0 Å². The van der Waals surface area contributed by atoms with Crippen molar-refractivity contribution in [3.8, 4) is 0 Å². The predicted molar refractivity (Wildman–Crippen MR) is 97.0 cm³/mol. The smallest absolute Gasteiger partial charge is 0.379 e. The Balaban J connectivity index is 1.44. The fraction of sp³-hybridized carbons (Fsp3) is 0.550. The molecule has 0 unspecified atom stereocenters. The van der Waals surface area contributed by atoms with Crippen molar-refractivity contribution in [2.75, 3.05) is 45.9 Å². The van der Waals surface area contributed by atoms with Crippen LogP contribution in [-0.4, -0.2) is 61.6 Å². The Morgan fingerprint density at radius 2 is 1.70 bits per heavy atom. The molecular weight excluding hydrogens is 357 g/mol. The van der Waals surface area contributed by atoms with E-state index in [2.05, 4.69) is 4.90 Å². The molecule has 1 aromatic carbocycles. The van der Waals surface area contributed by atoms with Gasteiger partial charge in [-0.3, -0.25) is 9.69 Å². The monoisotopic (exact) mass is 382 g/mol. The summed E-state index contributed by atoms with van der Waals surface area (Å²) in [6.45, 7) is 4.89. The lowest BCUT2D eigenvalue weighted by Gasteiger charge is -2.33. The Hall–Kier alpha value is -1.86. The van der Waals surface area contributed by atoms with E-state index in [4.69, 9.17) is 4.74 Å². The number of alkyl halides is 3. The second kappa shape index (κ2) is 8.89. The highest BCUT2D eigenvalue weighted by molar-refractivity contribution is 5.78. The predicted octanol–water partition coefficient (Wildman–Crippen LogP) is 3.29. The molecule has 0 spiro atoms. The van der Waals surface area contributed by atoms with E-state index >= 15 is 0 Å². The normalized spacial score (nSPS) is 20.3. The second-order valence-electron chi connectivity index (χ2n) is 7.09. The van der Waals surface area contributed by atoms with E-state index in [0.717, 1.165) is 56.7 Å². The lowest BCUT2D eigenvalue weighted by molar-refractivity contribution is -0.137. The first-order valence-corrected chi connectivity index (χ1v) is 9.35. The van der Waals surface area contributed by atoms with Gasteiger partial charge in [-0.25, -0.2) is 0 Å². The van der Waals surface area contributed by atoms with Crippen LogP contribution in [0.5, 0.6) is 0 Å². The van der Waals surface area contributed by atoms with Gasteiger partial charge in [-0.15, -0.1) is 0 Å². The van der Waals surface area contributed by atoms with Crippen molar-refractivity contribution in [3.05, 3.63) is 41.5 Å². The van der Waals surface area contributed by atoms with E-state index in [1.165, 1.54) is 12.1 Å². The maximum atomic E-state index is 12.6. The van der Waals surface area contributed by atoms with Gasteiger partial charge >= 0.3 is 6.18 Å². The third kappa shape index (κ3) is 5.81. The second-order valence-corrected chi connectivity index (χ2v) is 7.09. The first kappa shape index (κ1) is 19.9. The molecule has 2 heterocycles. The van der Waals surface area contributed by atoms with E-state index in [0.29, 0.717) is 25.7 Å². The molecule has 0 N–H and O–H groups in total. The molecule has 2 aliphatic heterocycles. The summed E-state index contributed by atoms with van der Waals surface area (Å²) in [6, 6.07) is 5.18. The van der Waals surface area contributed by atoms with Crippen molar-refractivity contribution >= 4 is 12.0 Å². The van der Waals surface area contributed by atoms with Crippen LogP contribution in [0.1, 0.15) is 24.0 Å². The Morgan fingerprint density at radius 3 is 2.30 bits per heavy atom. The molecule has 2 aliphatic rings. The Morgan fingerprint density at radius 1 is 1.07 bits per heavy atom. The van der Waals surface area contributed by atoms with Gasteiger partial charge in [-0.1, -0.05) is 24.3 Å². The largest absolute Gasteiger partial charge is 0.416 e. The molecular formula is C20H25F3N2O2. The highest BCUT2D eigenvalue weighted by atomic mass is 19.4. The van der Waals surface area contributed by atoms with Crippen LogP contribution in [0.3, 0.4) is 0 Å². The molecule has 27 heavy (non-hydrogen) atoms. The number of morpholine rings is 1. The molecule has 0 aliphatic carbocycles. The Labute approximate surface area is 157 Å². The van der Waals surface area contributed by atoms with E-state index in [1.807, 2.05) is 17.1 Å². The number of likely N-dealkylation sites (tertiary alicyclic amines) is 1. The van der Waals surface area contributed by atoms with Gasteiger partial charge < -0.3 is 9.64 Å². The maximum Gasteiger partial charge on any atom is 0.416 e. The number of carbonyl (C=O) groups is 1. The highest BCUT2D eigenvalue weighted by Gasteiger charge is 2.29.